The van der Waals surface area contributed by atoms with Crippen LogP contribution in [0.4, 0.5) is 5.69 Å². The van der Waals surface area contributed by atoms with Crippen LogP contribution in [-0.4, -0.2) is 15.6 Å². The van der Waals surface area contributed by atoms with Crippen molar-refractivity contribution < 1.29 is 4.21 Å². The van der Waals surface area contributed by atoms with E-state index in [4.69, 9.17) is 11.6 Å². The molecule has 0 radical (unpaired) electrons. The molecule has 1 aliphatic rings. The summed E-state index contributed by atoms with van der Waals surface area (Å²) in [4.78, 5) is 4.88. The average Bonchev–Trinajstić information content (AvgIpc) is 2.57. The minimum Gasteiger partial charge on any atom is -0.248 e. The molecule has 2 nitrogen and oxygen atoms in total. The highest BCUT2D eigenvalue weighted by Crippen LogP contribution is 2.28. The molecule has 2 rings (SSSR count). The van der Waals surface area contributed by atoms with Gasteiger partial charge in [-0.25, -0.2) is 9.20 Å². The molecule has 0 aliphatic carbocycles. The lowest BCUT2D eigenvalue weighted by Gasteiger charge is -2.01. The topological polar surface area (TPSA) is 29.4 Å². The summed E-state index contributed by atoms with van der Waals surface area (Å²) < 4.78 is 11.4. The number of fused-ring (bicyclic) bond motifs is 1. The number of hydrogen-bond acceptors (Lipinski definition) is 2. The fourth-order valence-corrected chi connectivity index (χ4v) is 2.47. The number of hydrogen-bond donors (Lipinski definition) is 0. The summed E-state index contributed by atoms with van der Waals surface area (Å²) in [5.41, 5.74) is 3.50. The second kappa shape index (κ2) is 4.24. The summed E-state index contributed by atoms with van der Waals surface area (Å²) in [5, 5.41) is 0. The molecule has 0 saturated heterocycles. The molecule has 0 bridgehead atoms. The van der Waals surface area contributed by atoms with Crippen LogP contribution in [0.25, 0.3) is 0 Å². The normalized spacial score (nSPS) is 18.5. The van der Waals surface area contributed by atoms with Gasteiger partial charge in [-0.15, -0.1) is 11.6 Å². The molecule has 0 fully saturated rings. The summed E-state index contributed by atoms with van der Waals surface area (Å²) in [6.07, 6.45) is 1.89. The van der Waals surface area contributed by atoms with E-state index in [1.807, 2.05) is 18.2 Å². The molecular formula is C10H10ClNOS. The number of aliphatic imine (C=N–C) groups is 1. The molecule has 0 aromatic heterocycles. The van der Waals surface area contributed by atoms with Crippen LogP contribution < -0.4 is 0 Å². The van der Waals surface area contributed by atoms with Gasteiger partial charge in [-0.05, 0) is 30.5 Å². The number of aryl methyl sites for hydroxylation is 1. The van der Waals surface area contributed by atoms with Gasteiger partial charge in [0.1, 0.15) is 0 Å². The van der Waals surface area contributed by atoms with Crippen molar-refractivity contribution >= 4 is 33.6 Å². The van der Waals surface area contributed by atoms with Gasteiger partial charge < -0.3 is 0 Å². The van der Waals surface area contributed by atoms with Crippen molar-refractivity contribution in [1.29, 1.82) is 0 Å². The summed E-state index contributed by atoms with van der Waals surface area (Å²) in [6, 6.07) is 5.90. The third-order valence-corrected chi connectivity index (χ3v) is 3.45. The molecule has 0 spiro atoms. The molecule has 14 heavy (non-hydrogen) atoms. The highest BCUT2D eigenvalue weighted by Gasteiger charge is 2.13. The van der Waals surface area contributed by atoms with Crippen molar-refractivity contribution in [2.75, 3.05) is 5.88 Å². The monoisotopic (exact) mass is 227 g/mol. The molecule has 1 atom stereocenters. The zero-order valence-corrected chi connectivity index (χ0v) is 9.14. The zero-order valence-electron chi connectivity index (χ0n) is 7.57. The Bertz CT molecular complexity index is 403. The molecule has 0 saturated carbocycles. The van der Waals surface area contributed by atoms with Crippen LogP contribution in [0, 0.1) is 0 Å². The van der Waals surface area contributed by atoms with Crippen molar-refractivity contribution in [3.8, 4) is 0 Å². The van der Waals surface area contributed by atoms with Gasteiger partial charge in [0, 0.05) is 5.88 Å². The standard InChI is InChI=1S/C10H10ClNOS/c11-5-1-2-8-3-4-9-10(6-8)14(13)7-12-9/h3-4,6-7H,1-2,5H2. The molecular weight excluding hydrogens is 218 g/mol. The first-order valence-corrected chi connectivity index (χ1v) is 6.19. The van der Waals surface area contributed by atoms with Crippen molar-refractivity contribution in [2.24, 2.45) is 4.99 Å². The van der Waals surface area contributed by atoms with E-state index >= 15 is 0 Å². The first kappa shape index (κ1) is 9.87. The Kier molecular flexibility index (Phi) is 2.99. The van der Waals surface area contributed by atoms with Gasteiger partial charge in [-0.3, -0.25) is 0 Å². The molecule has 4 heteroatoms. The van der Waals surface area contributed by atoms with Crippen molar-refractivity contribution in [1.82, 2.24) is 0 Å². The van der Waals surface area contributed by atoms with Crippen molar-refractivity contribution in [2.45, 2.75) is 17.7 Å². The summed E-state index contributed by atoms with van der Waals surface area (Å²) in [7, 11) is -1.04. The van der Waals surface area contributed by atoms with Crippen LogP contribution in [0.5, 0.6) is 0 Å². The van der Waals surface area contributed by atoms with Crippen LogP contribution in [-0.2, 0) is 17.2 Å². The summed E-state index contributed by atoms with van der Waals surface area (Å²) in [5.74, 6) is 0.663. The quantitative estimate of drug-likeness (QED) is 0.730. The number of halogens is 1. The molecule has 74 valence electrons. The zero-order chi connectivity index (χ0) is 9.97. The van der Waals surface area contributed by atoms with Gasteiger partial charge in [0.2, 0.25) is 0 Å². The van der Waals surface area contributed by atoms with Crippen LogP contribution in [0.15, 0.2) is 28.1 Å². The largest absolute Gasteiger partial charge is 0.248 e. The van der Waals surface area contributed by atoms with Gasteiger partial charge in [0.05, 0.1) is 26.9 Å². The van der Waals surface area contributed by atoms with E-state index in [0.29, 0.717) is 5.88 Å². The number of nitrogens with zero attached hydrogens (tertiary/aromatic N) is 1. The predicted octanol–water partition coefficient (Wildman–Crippen LogP) is 2.64. The van der Waals surface area contributed by atoms with Gasteiger partial charge in [-0.2, -0.15) is 0 Å². The molecule has 1 heterocycles. The Morgan fingerprint density at radius 3 is 3.07 bits per heavy atom. The number of alkyl halides is 1. The molecule has 1 aromatic carbocycles. The van der Waals surface area contributed by atoms with Crippen LogP contribution in [0.2, 0.25) is 0 Å². The summed E-state index contributed by atoms with van der Waals surface area (Å²) in [6.45, 7) is 0. The number of benzene rings is 1. The fourth-order valence-electron chi connectivity index (χ4n) is 1.41. The minimum absolute atomic E-state index is 0.663. The number of rotatable bonds is 3. The highest BCUT2D eigenvalue weighted by molar-refractivity contribution is 7.99. The maximum Gasteiger partial charge on any atom is 0.0984 e. The molecule has 1 aliphatic heterocycles. The first-order valence-electron chi connectivity index (χ1n) is 4.45. The maximum atomic E-state index is 11.4. The Morgan fingerprint density at radius 1 is 1.43 bits per heavy atom. The van der Waals surface area contributed by atoms with Gasteiger partial charge in [0.15, 0.2) is 0 Å². The molecule has 1 aromatic rings. The van der Waals surface area contributed by atoms with Crippen LogP contribution in [0.3, 0.4) is 0 Å². The maximum absolute atomic E-state index is 11.4. The van der Waals surface area contributed by atoms with E-state index in [-0.39, 0.29) is 0 Å². The van der Waals surface area contributed by atoms with E-state index < -0.39 is 10.8 Å². The predicted molar refractivity (Wildman–Crippen MR) is 60.0 cm³/mol. The Morgan fingerprint density at radius 2 is 2.29 bits per heavy atom. The third-order valence-electron chi connectivity index (χ3n) is 2.13. The smallest absolute Gasteiger partial charge is 0.0984 e. The molecule has 1 unspecified atom stereocenters. The van der Waals surface area contributed by atoms with Crippen LogP contribution in [0.1, 0.15) is 12.0 Å². The van der Waals surface area contributed by atoms with Crippen LogP contribution >= 0.6 is 11.6 Å². The van der Waals surface area contributed by atoms with E-state index in [1.54, 1.807) is 0 Å². The lowest BCUT2D eigenvalue weighted by atomic mass is 10.1. The minimum atomic E-state index is -1.04. The van der Waals surface area contributed by atoms with Crippen molar-refractivity contribution in [3.05, 3.63) is 23.8 Å². The van der Waals surface area contributed by atoms with Crippen molar-refractivity contribution in [3.63, 3.8) is 0 Å². The summed E-state index contributed by atoms with van der Waals surface area (Å²) >= 11 is 5.61. The SMILES string of the molecule is O=S1C=Nc2ccc(CCCCl)cc21. The lowest BCUT2D eigenvalue weighted by Crippen LogP contribution is -1.90. The van der Waals surface area contributed by atoms with E-state index in [9.17, 15) is 4.21 Å². The first-order chi connectivity index (χ1) is 6.81. The fraction of sp³-hybridized carbons (Fsp3) is 0.300. The Labute approximate surface area is 90.5 Å². The van der Waals surface area contributed by atoms with E-state index in [0.717, 1.165) is 23.4 Å². The van der Waals surface area contributed by atoms with E-state index in [1.165, 1.54) is 11.1 Å². The van der Waals surface area contributed by atoms with Gasteiger partial charge in [-0.1, -0.05) is 6.07 Å². The lowest BCUT2D eigenvalue weighted by molar-refractivity contribution is 0.691. The average molecular weight is 228 g/mol. The molecule has 0 amide bonds. The second-order valence-corrected chi connectivity index (χ2v) is 4.75. The third kappa shape index (κ3) is 1.88. The molecule has 0 N–H and O–H groups in total. The van der Waals surface area contributed by atoms with E-state index in [2.05, 4.69) is 4.99 Å². The van der Waals surface area contributed by atoms with Gasteiger partial charge >= 0.3 is 0 Å². The second-order valence-electron chi connectivity index (χ2n) is 3.13. The highest BCUT2D eigenvalue weighted by atomic mass is 35.5. The Balaban J connectivity index is 2.24. The van der Waals surface area contributed by atoms with Gasteiger partial charge in [0.25, 0.3) is 0 Å². The Hall–Kier alpha value is -0.670.